The van der Waals surface area contributed by atoms with Gasteiger partial charge in [0.1, 0.15) is 0 Å². The summed E-state index contributed by atoms with van der Waals surface area (Å²) in [5, 5.41) is 1.17. The van der Waals surface area contributed by atoms with Gasteiger partial charge in [0.2, 0.25) is 0 Å². The second-order valence-corrected chi connectivity index (χ2v) is 5.52. The van der Waals surface area contributed by atoms with Gasteiger partial charge in [0.15, 0.2) is 0 Å². The molecule has 0 aliphatic heterocycles. The van der Waals surface area contributed by atoms with E-state index in [0.29, 0.717) is 0 Å². The average molecular weight is 301 g/mol. The minimum absolute atomic E-state index is 1.10. The van der Waals surface area contributed by atoms with E-state index in [1.165, 1.54) is 69.5 Å². The summed E-state index contributed by atoms with van der Waals surface area (Å²) in [5.41, 5.74) is 0. The molecule has 0 rings (SSSR count). The molecular weight excluding hydrogens is 272 g/mol. The lowest BCUT2D eigenvalue weighted by Crippen LogP contribution is -1.81. The molecule has 0 aromatic heterocycles. The zero-order chi connectivity index (χ0) is 12.6. The van der Waals surface area contributed by atoms with Gasteiger partial charge >= 0.3 is 0 Å². The molecule has 0 aliphatic rings. The van der Waals surface area contributed by atoms with Crippen LogP contribution in [0.5, 0.6) is 0 Å². The molecule has 0 aromatic rings. The normalized spacial score (nSPS) is 10.0. The Morgan fingerprint density at radius 1 is 0.647 bits per heavy atom. The molecule has 0 heterocycles. The Morgan fingerprint density at radius 3 is 1.65 bits per heavy atom. The first kappa shape index (κ1) is 17.0. The van der Waals surface area contributed by atoms with Gasteiger partial charge in [-0.05, 0) is 19.3 Å². The van der Waals surface area contributed by atoms with Crippen LogP contribution < -0.4 is 0 Å². The van der Waals surface area contributed by atoms with E-state index in [9.17, 15) is 0 Å². The van der Waals surface area contributed by atoms with Gasteiger partial charge in [0.25, 0.3) is 0 Å². The molecule has 0 fully saturated rings. The number of hydrogen-bond acceptors (Lipinski definition) is 0. The second-order valence-electron chi connectivity index (χ2n) is 4.72. The van der Waals surface area contributed by atoms with Crippen molar-refractivity contribution in [3.05, 3.63) is 0 Å². The Hall–Kier alpha value is 0.0400. The minimum Gasteiger partial charge on any atom is -0.103 e. The summed E-state index contributed by atoms with van der Waals surface area (Å²) < 4.78 is 0. The van der Waals surface area contributed by atoms with Crippen molar-refractivity contribution in [3.8, 4) is 11.8 Å². The standard InChI is InChI=1S/C16H29Br/c1-2-3-4-5-6-7-8-9-10-11-12-13-14-15-16-17/h2-4,7-16H2,1H3. The lowest BCUT2D eigenvalue weighted by atomic mass is 10.1. The van der Waals surface area contributed by atoms with E-state index in [4.69, 9.17) is 0 Å². The van der Waals surface area contributed by atoms with E-state index in [1.54, 1.807) is 0 Å². The maximum Gasteiger partial charge on any atom is 0.00886 e. The van der Waals surface area contributed by atoms with E-state index in [2.05, 4.69) is 34.7 Å². The molecule has 100 valence electrons. The molecule has 0 amide bonds. The number of halogens is 1. The number of alkyl halides is 1. The first-order chi connectivity index (χ1) is 8.41. The van der Waals surface area contributed by atoms with Crippen LogP contribution in [-0.2, 0) is 0 Å². The van der Waals surface area contributed by atoms with Crippen molar-refractivity contribution in [1.29, 1.82) is 0 Å². The molecule has 0 aromatic carbocycles. The molecule has 0 N–H and O–H groups in total. The van der Waals surface area contributed by atoms with E-state index in [-0.39, 0.29) is 0 Å². The highest BCUT2D eigenvalue weighted by atomic mass is 79.9. The largest absolute Gasteiger partial charge is 0.103 e. The highest BCUT2D eigenvalue weighted by Gasteiger charge is 1.91. The van der Waals surface area contributed by atoms with Crippen molar-refractivity contribution in [2.24, 2.45) is 0 Å². The molecule has 17 heavy (non-hydrogen) atoms. The molecule has 0 spiro atoms. The molecular formula is C16H29Br. The fourth-order valence-corrected chi connectivity index (χ4v) is 2.21. The number of unbranched alkanes of at least 4 members (excludes halogenated alkanes) is 10. The summed E-state index contributed by atoms with van der Waals surface area (Å²) in [6.07, 6.45) is 15.8. The summed E-state index contributed by atoms with van der Waals surface area (Å²) in [6.45, 7) is 2.22. The Balaban J connectivity index is 2.99. The fourth-order valence-electron chi connectivity index (χ4n) is 1.81. The maximum absolute atomic E-state index is 3.47. The van der Waals surface area contributed by atoms with E-state index < -0.39 is 0 Å². The third-order valence-corrected chi connectivity index (χ3v) is 3.53. The third kappa shape index (κ3) is 16.0. The average Bonchev–Trinajstić information content (AvgIpc) is 2.35. The third-order valence-electron chi connectivity index (χ3n) is 2.97. The molecule has 0 bridgehead atoms. The lowest BCUT2D eigenvalue weighted by Gasteiger charge is -1.99. The van der Waals surface area contributed by atoms with E-state index in [1.807, 2.05) is 0 Å². The zero-order valence-corrected chi connectivity index (χ0v) is 13.2. The molecule has 0 saturated heterocycles. The van der Waals surface area contributed by atoms with Gasteiger partial charge in [-0.2, -0.15) is 0 Å². The van der Waals surface area contributed by atoms with Crippen molar-refractivity contribution < 1.29 is 0 Å². The van der Waals surface area contributed by atoms with Crippen LogP contribution in [0, 0.1) is 11.8 Å². The van der Waals surface area contributed by atoms with Crippen LogP contribution in [0.1, 0.15) is 84.0 Å². The van der Waals surface area contributed by atoms with Crippen LogP contribution in [0.25, 0.3) is 0 Å². The first-order valence-corrected chi connectivity index (χ1v) is 8.55. The molecule has 0 saturated carbocycles. The van der Waals surface area contributed by atoms with Crippen molar-refractivity contribution in [2.45, 2.75) is 84.0 Å². The highest BCUT2D eigenvalue weighted by Crippen LogP contribution is 2.09. The molecule has 1 heteroatoms. The Morgan fingerprint density at radius 2 is 1.12 bits per heavy atom. The van der Waals surface area contributed by atoms with Gasteiger partial charge in [-0.15, -0.1) is 11.8 Å². The first-order valence-electron chi connectivity index (χ1n) is 7.43. The zero-order valence-electron chi connectivity index (χ0n) is 11.6. The van der Waals surface area contributed by atoms with Crippen molar-refractivity contribution in [3.63, 3.8) is 0 Å². The van der Waals surface area contributed by atoms with Crippen LogP contribution in [0.15, 0.2) is 0 Å². The van der Waals surface area contributed by atoms with Crippen LogP contribution in [0.2, 0.25) is 0 Å². The van der Waals surface area contributed by atoms with Gasteiger partial charge in [-0.25, -0.2) is 0 Å². The van der Waals surface area contributed by atoms with Crippen LogP contribution in [0.4, 0.5) is 0 Å². The topological polar surface area (TPSA) is 0 Å². The smallest absolute Gasteiger partial charge is 0.00886 e. The Labute approximate surface area is 117 Å². The lowest BCUT2D eigenvalue weighted by molar-refractivity contribution is 0.580. The van der Waals surface area contributed by atoms with Gasteiger partial charge in [0.05, 0.1) is 0 Å². The van der Waals surface area contributed by atoms with Crippen molar-refractivity contribution >= 4 is 15.9 Å². The van der Waals surface area contributed by atoms with Crippen LogP contribution in [0.3, 0.4) is 0 Å². The second kappa shape index (κ2) is 16.0. The van der Waals surface area contributed by atoms with E-state index >= 15 is 0 Å². The minimum atomic E-state index is 1.10. The predicted molar refractivity (Wildman–Crippen MR) is 82.6 cm³/mol. The maximum atomic E-state index is 3.47. The predicted octanol–water partition coefficient (Wildman–Crippen LogP) is 6.09. The summed E-state index contributed by atoms with van der Waals surface area (Å²) in [6, 6.07) is 0. The summed E-state index contributed by atoms with van der Waals surface area (Å²) in [4.78, 5) is 0. The molecule has 0 unspecified atom stereocenters. The SMILES string of the molecule is CCCCC#CCCCCCCCCCCBr. The van der Waals surface area contributed by atoms with Crippen molar-refractivity contribution in [2.75, 3.05) is 5.33 Å². The quantitative estimate of drug-likeness (QED) is 0.246. The number of hydrogen-bond donors (Lipinski definition) is 0. The van der Waals surface area contributed by atoms with E-state index in [0.717, 1.165) is 12.8 Å². The van der Waals surface area contributed by atoms with Gasteiger partial charge in [-0.1, -0.05) is 67.8 Å². The van der Waals surface area contributed by atoms with Crippen LogP contribution in [-0.4, -0.2) is 5.33 Å². The van der Waals surface area contributed by atoms with Gasteiger partial charge in [-0.3, -0.25) is 0 Å². The van der Waals surface area contributed by atoms with Crippen molar-refractivity contribution in [1.82, 2.24) is 0 Å². The molecule has 0 aliphatic carbocycles. The summed E-state index contributed by atoms with van der Waals surface area (Å²) >= 11 is 3.47. The van der Waals surface area contributed by atoms with Crippen LogP contribution >= 0.6 is 15.9 Å². The fraction of sp³-hybridized carbons (Fsp3) is 0.875. The van der Waals surface area contributed by atoms with Gasteiger partial charge < -0.3 is 0 Å². The Bertz CT molecular complexity index is 187. The number of rotatable bonds is 11. The summed E-state index contributed by atoms with van der Waals surface area (Å²) in [7, 11) is 0. The van der Waals surface area contributed by atoms with Gasteiger partial charge in [0, 0.05) is 18.2 Å². The summed E-state index contributed by atoms with van der Waals surface area (Å²) in [5.74, 6) is 6.54. The molecule has 0 atom stereocenters. The Kier molecular flexibility index (Phi) is 16.1. The highest BCUT2D eigenvalue weighted by molar-refractivity contribution is 9.09. The molecule has 0 nitrogen and oxygen atoms in total. The molecule has 0 radical (unpaired) electrons. The monoisotopic (exact) mass is 300 g/mol.